The predicted octanol–water partition coefficient (Wildman–Crippen LogP) is 3.59. The van der Waals surface area contributed by atoms with Crippen LogP contribution < -0.4 is 19.9 Å². The Labute approximate surface area is 199 Å². The molecule has 0 saturated heterocycles. The first-order chi connectivity index (χ1) is 16.1. The number of aliphatic imine (C=N–C) groups is 1. The second-order valence-electron chi connectivity index (χ2n) is 7.93. The molecule has 2 aromatic carbocycles. The number of allylic oxidation sites excluding steroid dienone is 1. The van der Waals surface area contributed by atoms with Crippen molar-refractivity contribution >= 4 is 41.0 Å². The monoisotopic (exact) mass is 484 g/mol. The Morgan fingerprint density at radius 1 is 1.24 bits per heavy atom. The van der Waals surface area contributed by atoms with Crippen LogP contribution in [0.15, 0.2) is 46.7 Å². The van der Waals surface area contributed by atoms with E-state index in [0.29, 0.717) is 11.3 Å². The van der Waals surface area contributed by atoms with Gasteiger partial charge in [-0.1, -0.05) is 18.5 Å². The maximum absolute atomic E-state index is 13.7. The van der Waals surface area contributed by atoms with Gasteiger partial charge in [0.1, 0.15) is 22.1 Å². The van der Waals surface area contributed by atoms with Crippen molar-refractivity contribution in [3.05, 3.63) is 57.8 Å². The number of hydrogen-bond acceptors (Lipinski definition) is 8. The fourth-order valence-electron chi connectivity index (χ4n) is 4.16. The summed E-state index contributed by atoms with van der Waals surface area (Å²) < 4.78 is 16.6. The van der Waals surface area contributed by atoms with E-state index in [1.54, 1.807) is 6.92 Å². The summed E-state index contributed by atoms with van der Waals surface area (Å²) in [6.45, 7) is 1.63. The summed E-state index contributed by atoms with van der Waals surface area (Å²) in [4.78, 5) is 41.9. The number of fused-ring (bicyclic) bond motifs is 1. The Morgan fingerprint density at radius 2 is 1.88 bits per heavy atom. The Kier molecular flexibility index (Phi) is 5.82. The van der Waals surface area contributed by atoms with Crippen LogP contribution in [0.5, 0.6) is 17.2 Å². The number of amides is 1. The number of ketones is 2. The third-order valence-corrected chi connectivity index (χ3v) is 6.36. The highest BCUT2D eigenvalue weighted by molar-refractivity contribution is 6.35. The molecule has 176 valence electrons. The second-order valence-corrected chi connectivity index (χ2v) is 8.30. The van der Waals surface area contributed by atoms with E-state index >= 15 is 0 Å². The molecule has 3 N–H and O–H groups in total. The lowest BCUT2D eigenvalue weighted by atomic mass is 9.73. The van der Waals surface area contributed by atoms with Crippen molar-refractivity contribution < 1.29 is 33.7 Å². The average molecular weight is 485 g/mol. The van der Waals surface area contributed by atoms with E-state index in [-0.39, 0.29) is 39.8 Å². The molecule has 2 aromatic rings. The third kappa shape index (κ3) is 3.40. The van der Waals surface area contributed by atoms with Gasteiger partial charge in [0.15, 0.2) is 17.3 Å². The van der Waals surface area contributed by atoms with Crippen LogP contribution >= 0.6 is 11.6 Å². The van der Waals surface area contributed by atoms with Crippen molar-refractivity contribution in [2.75, 3.05) is 14.2 Å². The largest absolute Gasteiger partial charge is 0.507 e. The van der Waals surface area contributed by atoms with Gasteiger partial charge in [-0.25, -0.2) is 0 Å². The lowest BCUT2D eigenvalue weighted by molar-refractivity contribution is -0.118. The lowest BCUT2D eigenvalue weighted by Gasteiger charge is -2.36. The molecule has 9 nitrogen and oxygen atoms in total. The Balaban J connectivity index is 1.81. The normalized spacial score (nSPS) is 21.7. The topological polar surface area (TPSA) is 138 Å². The number of Topliss-reactive ketones (excluding diaryl/α,β-unsaturated/α-hetero) is 2. The highest BCUT2D eigenvalue weighted by atomic mass is 35.5. The van der Waals surface area contributed by atoms with E-state index in [9.17, 15) is 19.5 Å². The van der Waals surface area contributed by atoms with E-state index in [1.807, 2.05) is 0 Å². The number of rotatable bonds is 5. The first-order valence-corrected chi connectivity index (χ1v) is 10.6. The first-order valence-electron chi connectivity index (χ1n) is 10.2. The van der Waals surface area contributed by atoms with Crippen LogP contribution in [-0.2, 0) is 4.79 Å². The minimum Gasteiger partial charge on any atom is -0.507 e. The van der Waals surface area contributed by atoms with Crippen LogP contribution in [0.3, 0.4) is 0 Å². The van der Waals surface area contributed by atoms with Crippen molar-refractivity contribution in [3.63, 3.8) is 0 Å². The molecule has 1 heterocycles. The maximum atomic E-state index is 13.7. The summed E-state index contributed by atoms with van der Waals surface area (Å²) in [6.07, 6.45) is 1.09. The van der Waals surface area contributed by atoms with Crippen LogP contribution in [0.4, 0.5) is 5.69 Å². The first kappa shape index (κ1) is 23.3. The number of ether oxygens (including phenoxy) is 3. The summed E-state index contributed by atoms with van der Waals surface area (Å²) in [7, 11) is 2.79. The molecule has 10 heteroatoms. The van der Waals surface area contributed by atoms with Crippen LogP contribution in [0, 0.1) is 5.92 Å². The van der Waals surface area contributed by atoms with Gasteiger partial charge in [0.2, 0.25) is 17.3 Å². The van der Waals surface area contributed by atoms with Crippen LogP contribution in [-0.4, -0.2) is 48.6 Å². The predicted molar refractivity (Wildman–Crippen MR) is 124 cm³/mol. The second kappa shape index (κ2) is 8.49. The van der Waals surface area contributed by atoms with Gasteiger partial charge in [-0.15, -0.1) is 0 Å². The third-order valence-electron chi connectivity index (χ3n) is 6.01. The van der Waals surface area contributed by atoms with Gasteiger partial charge in [0.05, 0.1) is 25.5 Å². The molecule has 1 aliphatic carbocycles. The van der Waals surface area contributed by atoms with E-state index in [0.717, 1.165) is 0 Å². The molecule has 0 radical (unpaired) electrons. The number of hydrogen-bond donors (Lipinski definition) is 2. The summed E-state index contributed by atoms with van der Waals surface area (Å²) in [6, 6.07) is 7.49. The molecule has 0 bridgehead atoms. The number of carbonyl (C=O) groups is 3. The van der Waals surface area contributed by atoms with E-state index in [2.05, 4.69) is 4.99 Å². The molecule has 2 atom stereocenters. The maximum Gasteiger partial charge on any atom is 0.248 e. The Morgan fingerprint density at radius 3 is 2.47 bits per heavy atom. The quantitative estimate of drug-likeness (QED) is 0.618. The Hall–Kier alpha value is -3.85. The molecule has 0 fully saturated rings. The number of nitrogens with two attached hydrogens (primary N) is 1. The molecular weight excluding hydrogens is 464 g/mol. The number of nitrogens with zero attached hydrogens (tertiary/aromatic N) is 1. The average Bonchev–Trinajstić information content (AvgIpc) is 3.13. The number of halogens is 1. The number of benzene rings is 2. The SMILES string of the molecule is COc1cc(OC)c2c(c1Cl)O[C@]1(C2=O)C(O)=C(C=Nc2ccc(C(N)=O)cc2)C(=O)C[C@H]1C. The zero-order chi connectivity index (χ0) is 24.8. The Bertz CT molecular complexity index is 1280. The molecule has 0 unspecified atom stereocenters. The summed E-state index contributed by atoms with van der Waals surface area (Å²) in [5.41, 5.74) is 3.95. The summed E-state index contributed by atoms with van der Waals surface area (Å²) in [5.74, 6) is -2.45. The molecule has 1 spiro atoms. The molecule has 2 aliphatic rings. The lowest BCUT2D eigenvalue weighted by Crippen LogP contribution is -2.52. The standard InChI is InChI=1S/C24H21ClN2O7/c1-11-8-15(28)14(10-27-13-6-4-12(5-7-13)23(26)31)21(29)24(11)22(30)18-16(32-2)9-17(33-3)19(25)20(18)34-24/h4-7,9-11,29H,8H2,1-3H3,(H2,26,31)/t11-,24+/m1/s1. The highest BCUT2D eigenvalue weighted by Crippen LogP contribution is 2.54. The zero-order valence-electron chi connectivity index (χ0n) is 18.5. The van der Waals surface area contributed by atoms with Gasteiger partial charge in [-0.3, -0.25) is 19.4 Å². The van der Waals surface area contributed by atoms with Crippen molar-refractivity contribution in [3.8, 4) is 17.2 Å². The van der Waals surface area contributed by atoms with Gasteiger partial charge in [-0.05, 0) is 24.3 Å². The molecule has 34 heavy (non-hydrogen) atoms. The van der Waals surface area contributed by atoms with Crippen molar-refractivity contribution in [1.82, 2.24) is 0 Å². The van der Waals surface area contributed by atoms with Crippen LogP contribution in [0.25, 0.3) is 0 Å². The number of carbonyl (C=O) groups excluding carboxylic acids is 3. The minimum absolute atomic E-state index is 0.00828. The molecule has 4 rings (SSSR count). The van der Waals surface area contributed by atoms with Crippen LogP contribution in [0.2, 0.25) is 5.02 Å². The molecule has 0 saturated carbocycles. The molecule has 1 amide bonds. The van der Waals surface area contributed by atoms with Gasteiger partial charge in [-0.2, -0.15) is 0 Å². The number of aliphatic hydroxyl groups excluding tert-OH is 1. The zero-order valence-corrected chi connectivity index (χ0v) is 19.3. The van der Waals surface area contributed by atoms with E-state index < -0.39 is 34.8 Å². The summed E-state index contributed by atoms with van der Waals surface area (Å²) >= 11 is 6.41. The molecule has 1 aliphatic heterocycles. The van der Waals surface area contributed by atoms with E-state index in [1.165, 1.54) is 50.8 Å². The van der Waals surface area contributed by atoms with Crippen molar-refractivity contribution in [2.45, 2.75) is 18.9 Å². The van der Waals surface area contributed by atoms with E-state index in [4.69, 9.17) is 31.5 Å². The molecule has 0 aromatic heterocycles. The highest BCUT2D eigenvalue weighted by Gasteiger charge is 2.60. The minimum atomic E-state index is -1.88. The fraction of sp³-hybridized carbons (Fsp3) is 0.250. The molecular formula is C24H21ClN2O7. The van der Waals surface area contributed by atoms with Crippen molar-refractivity contribution in [2.24, 2.45) is 16.6 Å². The van der Waals surface area contributed by atoms with Gasteiger partial charge < -0.3 is 25.1 Å². The smallest absolute Gasteiger partial charge is 0.248 e. The van der Waals surface area contributed by atoms with Gasteiger partial charge in [0, 0.05) is 30.2 Å². The number of methoxy groups -OCH3 is 2. The summed E-state index contributed by atoms with van der Waals surface area (Å²) in [5, 5.41) is 11.3. The number of aliphatic hydroxyl groups is 1. The fourth-order valence-corrected chi connectivity index (χ4v) is 4.43. The number of primary amides is 1. The van der Waals surface area contributed by atoms with Gasteiger partial charge >= 0.3 is 0 Å². The van der Waals surface area contributed by atoms with Crippen LogP contribution in [0.1, 0.15) is 34.1 Å². The van der Waals surface area contributed by atoms with Crippen molar-refractivity contribution in [1.29, 1.82) is 0 Å². The van der Waals surface area contributed by atoms with Gasteiger partial charge in [0.25, 0.3) is 0 Å².